The van der Waals surface area contributed by atoms with Gasteiger partial charge in [-0.15, -0.1) is 0 Å². The maximum Gasteiger partial charge on any atom is 0.318 e. The average molecular weight is 477 g/mol. The Kier molecular flexibility index (Phi) is 6.60. The molecule has 184 valence electrons. The summed E-state index contributed by atoms with van der Waals surface area (Å²) in [4.78, 5) is 43.9. The lowest BCUT2D eigenvalue weighted by Gasteiger charge is -2.44. The van der Waals surface area contributed by atoms with Crippen LogP contribution < -0.4 is 0 Å². The van der Waals surface area contributed by atoms with E-state index < -0.39 is 11.3 Å². The van der Waals surface area contributed by atoms with Crippen molar-refractivity contribution in [1.29, 1.82) is 0 Å². The maximum atomic E-state index is 13.9. The summed E-state index contributed by atoms with van der Waals surface area (Å²) >= 11 is 0. The van der Waals surface area contributed by atoms with Gasteiger partial charge < -0.3 is 19.3 Å². The Morgan fingerprint density at radius 1 is 1.11 bits per heavy atom. The van der Waals surface area contributed by atoms with Crippen molar-refractivity contribution in [3.05, 3.63) is 59.8 Å². The van der Waals surface area contributed by atoms with Crippen molar-refractivity contribution in [2.45, 2.75) is 39.2 Å². The summed E-state index contributed by atoms with van der Waals surface area (Å²) in [7, 11) is 0. The third-order valence-electron chi connectivity index (χ3n) is 7.56. The zero-order valence-electron chi connectivity index (χ0n) is 20.2. The zero-order valence-corrected chi connectivity index (χ0v) is 20.2. The molecule has 0 saturated carbocycles. The lowest BCUT2D eigenvalue weighted by molar-refractivity contribution is -0.161. The Labute approximate surface area is 205 Å². The van der Waals surface area contributed by atoms with E-state index in [1.807, 2.05) is 30.3 Å². The molecule has 0 radical (unpaired) electrons. The van der Waals surface area contributed by atoms with Crippen molar-refractivity contribution in [2.75, 3.05) is 32.9 Å². The highest BCUT2D eigenvalue weighted by Gasteiger charge is 2.55. The van der Waals surface area contributed by atoms with Crippen molar-refractivity contribution in [1.82, 2.24) is 9.80 Å². The lowest BCUT2D eigenvalue weighted by Crippen LogP contribution is -2.52. The van der Waals surface area contributed by atoms with Crippen molar-refractivity contribution in [2.24, 2.45) is 11.3 Å². The number of carbonyl (C=O) groups is 3. The van der Waals surface area contributed by atoms with Gasteiger partial charge in [0.25, 0.3) is 0 Å². The van der Waals surface area contributed by atoms with Crippen LogP contribution in [-0.4, -0.2) is 60.5 Å². The number of morpholine rings is 1. The van der Waals surface area contributed by atoms with Gasteiger partial charge in [0.05, 0.1) is 26.4 Å². The first-order valence-electron chi connectivity index (χ1n) is 12.5. The molecule has 0 bridgehead atoms. The van der Waals surface area contributed by atoms with Crippen LogP contribution in [0.4, 0.5) is 0 Å². The summed E-state index contributed by atoms with van der Waals surface area (Å²) in [5.74, 6) is -1.00. The SMILES string of the molecule is CCOC(=O)[C@]12CCC=C1N(Cc1cccc3ccccc13)C(=O)[C@H](CC(=O)N1CCOCC1)C2. The van der Waals surface area contributed by atoms with E-state index in [4.69, 9.17) is 9.47 Å². The van der Waals surface area contributed by atoms with Crippen LogP contribution in [0.3, 0.4) is 0 Å². The standard InChI is InChI=1S/C28H32N2O5/c1-2-35-27(33)28-12-6-11-24(28)30(19-21-9-5-8-20-7-3-4-10-23(20)21)26(32)22(18-28)17-25(31)29-13-15-34-16-14-29/h3-5,7-11,22H,2,6,12-19H2,1H3/t22-,28+/m1/s1. The summed E-state index contributed by atoms with van der Waals surface area (Å²) < 4.78 is 10.9. The largest absolute Gasteiger partial charge is 0.465 e. The van der Waals surface area contributed by atoms with Crippen LogP contribution in [0.5, 0.6) is 0 Å². The monoisotopic (exact) mass is 476 g/mol. The van der Waals surface area contributed by atoms with Crippen molar-refractivity contribution in [3.63, 3.8) is 0 Å². The molecule has 3 aliphatic rings. The van der Waals surface area contributed by atoms with Gasteiger partial charge in [-0.1, -0.05) is 48.5 Å². The van der Waals surface area contributed by atoms with Crippen LogP contribution in [0.15, 0.2) is 54.2 Å². The van der Waals surface area contributed by atoms with Gasteiger partial charge in [-0.3, -0.25) is 14.4 Å². The van der Waals surface area contributed by atoms with Crippen LogP contribution in [-0.2, 0) is 30.4 Å². The number of piperidine rings is 1. The first kappa shape index (κ1) is 23.5. The molecular formula is C28H32N2O5. The lowest BCUT2D eigenvalue weighted by atomic mass is 9.71. The Hall–Kier alpha value is -3.19. The number of rotatable bonds is 6. The van der Waals surface area contributed by atoms with E-state index in [-0.39, 0.29) is 30.8 Å². The van der Waals surface area contributed by atoms with E-state index in [2.05, 4.69) is 18.2 Å². The highest BCUT2D eigenvalue weighted by Crippen LogP contribution is 2.51. The third-order valence-corrected chi connectivity index (χ3v) is 7.56. The fourth-order valence-electron chi connectivity index (χ4n) is 5.84. The normalized spacial score (nSPS) is 24.3. The molecule has 2 saturated heterocycles. The number of amides is 2. The van der Waals surface area contributed by atoms with E-state index in [0.29, 0.717) is 52.1 Å². The minimum atomic E-state index is -0.884. The fraction of sp³-hybridized carbons (Fsp3) is 0.464. The van der Waals surface area contributed by atoms with Crippen LogP contribution in [0, 0.1) is 11.3 Å². The second-order valence-electron chi connectivity index (χ2n) is 9.59. The van der Waals surface area contributed by atoms with Crippen LogP contribution >= 0.6 is 0 Å². The number of allylic oxidation sites excluding steroid dienone is 1. The van der Waals surface area contributed by atoms with E-state index in [9.17, 15) is 14.4 Å². The topological polar surface area (TPSA) is 76.2 Å². The number of hydrogen-bond donors (Lipinski definition) is 0. The van der Waals surface area contributed by atoms with E-state index >= 15 is 0 Å². The highest BCUT2D eigenvalue weighted by molar-refractivity contribution is 5.93. The van der Waals surface area contributed by atoms with Gasteiger partial charge in [0.2, 0.25) is 11.8 Å². The quantitative estimate of drug-likeness (QED) is 0.595. The Balaban J connectivity index is 1.49. The molecule has 35 heavy (non-hydrogen) atoms. The smallest absolute Gasteiger partial charge is 0.318 e. The number of esters is 1. The summed E-state index contributed by atoms with van der Waals surface area (Å²) in [6.45, 7) is 4.53. The first-order valence-corrected chi connectivity index (χ1v) is 12.5. The Morgan fingerprint density at radius 2 is 1.89 bits per heavy atom. The highest BCUT2D eigenvalue weighted by atomic mass is 16.5. The number of likely N-dealkylation sites (tertiary alicyclic amines) is 1. The fourth-order valence-corrected chi connectivity index (χ4v) is 5.84. The second-order valence-corrected chi connectivity index (χ2v) is 9.59. The number of ether oxygens (including phenoxy) is 2. The van der Waals surface area contributed by atoms with E-state index in [1.54, 1.807) is 16.7 Å². The van der Waals surface area contributed by atoms with Gasteiger partial charge in [0.1, 0.15) is 5.41 Å². The predicted molar refractivity (Wildman–Crippen MR) is 131 cm³/mol. The predicted octanol–water partition coefficient (Wildman–Crippen LogP) is 3.66. The molecule has 5 rings (SSSR count). The number of carbonyl (C=O) groups excluding carboxylic acids is 3. The minimum Gasteiger partial charge on any atom is -0.465 e. The summed E-state index contributed by atoms with van der Waals surface area (Å²) in [5, 5.41) is 2.18. The molecule has 2 atom stereocenters. The molecule has 2 aromatic carbocycles. The van der Waals surface area contributed by atoms with Crippen LogP contribution in [0.25, 0.3) is 10.8 Å². The molecule has 7 heteroatoms. The number of nitrogens with zero attached hydrogens (tertiary/aromatic N) is 2. The molecule has 2 aromatic rings. The van der Waals surface area contributed by atoms with E-state index in [1.165, 1.54) is 0 Å². The molecule has 2 fully saturated rings. The maximum absolute atomic E-state index is 13.9. The molecule has 2 amide bonds. The molecule has 0 unspecified atom stereocenters. The summed E-state index contributed by atoms with van der Waals surface area (Å²) in [6, 6.07) is 14.2. The van der Waals surface area contributed by atoms with Crippen LogP contribution in [0.1, 0.15) is 38.2 Å². The third kappa shape index (κ3) is 4.33. The zero-order chi connectivity index (χ0) is 24.4. The Bertz CT molecular complexity index is 1160. The number of hydrogen-bond acceptors (Lipinski definition) is 5. The number of benzene rings is 2. The summed E-state index contributed by atoms with van der Waals surface area (Å²) in [5.41, 5.74) is 0.871. The molecule has 2 aliphatic heterocycles. The molecule has 0 N–H and O–H groups in total. The van der Waals surface area contributed by atoms with Crippen molar-refractivity contribution in [3.8, 4) is 0 Å². The number of fused-ring (bicyclic) bond motifs is 2. The average Bonchev–Trinajstić information content (AvgIpc) is 3.32. The second kappa shape index (κ2) is 9.82. The van der Waals surface area contributed by atoms with Gasteiger partial charge >= 0.3 is 5.97 Å². The van der Waals surface area contributed by atoms with E-state index in [0.717, 1.165) is 22.0 Å². The molecule has 2 heterocycles. The minimum absolute atomic E-state index is 0.0544. The van der Waals surface area contributed by atoms with Gasteiger partial charge in [0, 0.05) is 31.1 Å². The Morgan fingerprint density at radius 3 is 2.69 bits per heavy atom. The summed E-state index contributed by atoms with van der Waals surface area (Å²) in [6.07, 6.45) is 3.73. The molecular weight excluding hydrogens is 444 g/mol. The van der Waals surface area contributed by atoms with Gasteiger partial charge in [-0.2, -0.15) is 0 Å². The molecule has 1 aliphatic carbocycles. The van der Waals surface area contributed by atoms with Gasteiger partial charge in [-0.25, -0.2) is 0 Å². The van der Waals surface area contributed by atoms with Crippen LogP contribution in [0.2, 0.25) is 0 Å². The van der Waals surface area contributed by atoms with Gasteiger partial charge in [0.15, 0.2) is 0 Å². The van der Waals surface area contributed by atoms with Crippen molar-refractivity contribution < 1.29 is 23.9 Å². The molecule has 0 spiro atoms. The van der Waals surface area contributed by atoms with Gasteiger partial charge in [-0.05, 0) is 42.5 Å². The molecule has 7 nitrogen and oxygen atoms in total. The first-order chi connectivity index (χ1) is 17.0. The van der Waals surface area contributed by atoms with Crippen molar-refractivity contribution >= 4 is 28.6 Å². The molecule has 0 aromatic heterocycles.